The summed E-state index contributed by atoms with van der Waals surface area (Å²) in [6.07, 6.45) is -0.970. The van der Waals surface area contributed by atoms with E-state index in [4.69, 9.17) is 0 Å². The van der Waals surface area contributed by atoms with Gasteiger partial charge in [-0.15, -0.1) is 15.3 Å². The van der Waals surface area contributed by atoms with Gasteiger partial charge in [-0.1, -0.05) is 0 Å². The minimum Gasteiger partial charge on any atom is -0.367 e. The van der Waals surface area contributed by atoms with Crippen LogP contribution in [0.15, 0.2) is 24.5 Å². The topological polar surface area (TPSA) is 76.2 Å². The number of rotatable bonds is 5. The predicted octanol–water partition coefficient (Wildman–Crippen LogP) is 1.59. The maximum absolute atomic E-state index is 12.9. The van der Waals surface area contributed by atoms with Gasteiger partial charge >= 0.3 is 6.18 Å². The largest absolute Gasteiger partial charge is 0.453 e. The monoisotopic (exact) mass is 354 g/mol. The van der Waals surface area contributed by atoms with E-state index < -0.39 is 12.0 Å². The molecular formula is C14H17F3N8. The molecule has 3 heterocycles. The number of hydrogen-bond acceptors (Lipinski definition) is 6. The van der Waals surface area contributed by atoms with E-state index in [1.165, 1.54) is 6.07 Å². The molecule has 0 bridgehead atoms. The molecule has 3 rings (SSSR count). The fraction of sp³-hybridized carbons (Fsp3) is 0.429. The van der Waals surface area contributed by atoms with Crippen molar-refractivity contribution >= 4 is 11.5 Å². The lowest BCUT2D eigenvalue weighted by Gasteiger charge is -2.23. The average Bonchev–Trinajstić information content (AvgIpc) is 3.12. The molecule has 3 aromatic heterocycles. The van der Waals surface area contributed by atoms with Gasteiger partial charge in [-0.3, -0.25) is 4.68 Å². The van der Waals surface area contributed by atoms with E-state index in [9.17, 15) is 13.2 Å². The number of fused-ring (bicyclic) bond motifs is 1. The number of likely N-dealkylation sites (N-methyl/N-ethyl adjacent to an activating group) is 1. The van der Waals surface area contributed by atoms with Crippen LogP contribution < -0.4 is 5.32 Å². The van der Waals surface area contributed by atoms with E-state index in [1.807, 2.05) is 32.2 Å². The highest BCUT2D eigenvalue weighted by atomic mass is 19.4. The van der Waals surface area contributed by atoms with Crippen LogP contribution in [-0.2, 0) is 13.2 Å². The fourth-order valence-corrected chi connectivity index (χ4v) is 2.47. The molecule has 11 heteroatoms. The third kappa shape index (κ3) is 3.55. The second kappa shape index (κ2) is 6.31. The van der Waals surface area contributed by atoms with Crippen molar-refractivity contribution in [3.8, 4) is 0 Å². The average molecular weight is 354 g/mol. The van der Waals surface area contributed by atoms with Crippen molar-refractivity contribution in [2.45, 2.75) is 12.2 Å². The van der Waals surface area contributed by atoms with Crippen molar-refractivity contribution in [1.82, 2.24) is 34.5 Å². The van der Waals surface area contributed by atoms with E-state index in [1.54, 1.807) is 16.9 Å². The first-order chi connectivity index (χ1) is 11.8. The van der Waals surface area contributed by atoms with Crippen LogP contribution in [0.2, 0.25) is 0 Å². The van der Waals surface area contributed by atoms with E-state index in [0.29, 0.717) is 16.9 Å². The summed E-state index contributed by atoms with van der Waals surface area (Å²) in [7, 11) is 5.65. The Bertz CT molecular complexity index is 866. The Kier molecular flexibility index (Phi) is 4.33. The highest BCUT2D eigenvalue weighted by Gasteiger charge is 2.37. The SMILES string of the molecule is CN(C)C(CNc1ccc2nnc(C(F)(F)F)n2n1)c1cnn(C)c1. The Morgan fingerprint density at radius 2 is 2.00 bits per heavy atom. The maximum Gasteiger partial charge on any atom is 0.453 e. The van der Waals surface area contributed by atoms with Crippen LogP contribution in [-0.4, -0.2) is 55.1 Å². The van der Waals surface area contributed by atoms with Gasteiger partial charge in [-0.25, -0.2) is 0 Å². The summed E-state index contributed by atoms with van der Waals surface area (Å²) in [5.74, 6) is -0.851. The molecule has 0 amide bonds. The summed E-state index contributed by atoms with van der Waals surface area (Å²) in [5, 5.41) is 17.8. The summed E-state index contributed by atoms with van der Waals surface area (Å²) in [5.41, 5.74) is 1.02. The van der Waals surface area contributed by atoms with E-state index in [2.05, 4.69) is 25.7 Å². The zero-order chi connectivity index (χ0) is 18.2. The molecule has 0 aliphatic carbocycles. The van der Waals surface area contributed by atoms with E-state index in [0.717, 1.165) is 5.56 Å². The molecule has 1 atom stereocenters. The summed E-state index contributed by atoms with van der Waals surface area (Å²) < 4.78 is 41.2. The van der Waals surface area contributed by atoms with Crippen molar-refractivity contribution in [3.05, 3.63) is 35.9 Å². The van der Waals surface area contributed by atoms with Crippen LogP contribution in [0.1, 0.15) is 17.4 Å². The van der Waals surface area contributed by atoms with Gasteiger partial charge in [0.25, 0.3) is 5.82 Å². The lowest BCUT2D eigenvalue weighted by Crippen LogP contribution is -2.27. The molecule has 25 heavy (non-hydrogen) atoms. The molecule has 0 saturated heterocycles. The van der Waals surface area contributed by atoms with Gasteiger partial charge in [0.15, 0.2) is 5.65 Å². The number of nitrogens with one attached hydrogen (secondary N) is 1. The summed E-state index contributed by atoms with van der Waals surface area (Å²) in [4.78, 5) is 1.99. The van der Waals surface area contributed by atoms with Crippen LogP contribution in [0, 0.1) is 0 Å². The maximum atomic E-state index is 12.9. The standard InChI is InChI=1S/C14H17F3N8/c1-23(2)10(9-6-19-24(3)8-9)7-18-11-4-5-12-20-21-13(14(15,16)17)25(12)22-11/h4-6,8,10H,7H2,1-3H3,(H,18,22). The van der Waals surface area contributed by atoms with E-state index in [-0.39, 0.29) is 11.7 Å². The zero-order valence-electron chi connectivity index (χ0n) is 13.9. The number of aromatic nitrogens is 6. The second-order valence-corrected chi connectivity index (χ2v) is 5.82. The first kappa shape index (κ1) is 17.1. The van der Waals surface area contributed by atoms with Crippen LogP contribution in [0.4, 0.5) is 19.0 Å². The van der Waals surface area contributed by atoms with Crippen LogP contribution in [0.3, 0.4) is 0 Å². The molecule has 134 valence electrons. The molecule has 0 aliphatic heterocycles. The molecule has 1 unspecified atom stereocenters. The van der Waals surface area contributed by atoms with Gasteiger partial charge in [0, 0.05) is 25.4 Å². The lowest BCUT2D eigenvalue weighted by molar-refractivity contribution is -0.146. The molecule has 3 aromatic rings. The molecule has 0 radical (unpaired) electrons. The molecule has 0 saturated carbocycles. The van der Waals surface area contributed by atoms with Gasteiger partial charge in [0.1, 0.15) is 5.82 Å². The molecule has 8 nitrogen and oxygen atoms in total. The highest BCUT2D eigenvalue weighted by Crippen LogP contribution is 2.27. The predicted molar refractivity (Wildman–Crippen MR) is 83.9 cm³/mol. The second-order valence-electron chi connectivity index (χ2n) is 5.82. The minimum atomic E-state index is -4.62. The summed E-state index contributed by atoms with van der Waals surface area (Å²) in [6.45, 7) is 0.445. The first-order valence-electron chi connectivity index (χ1n) is 7.44. The normalized spacial score (nSPS) is 13.6. The van der Waals surface area contributed by atoms with Crippen molar-refractivity contribution < 1.29 is 13.2 Å². The van der Waals surface area contributed by atoms with Gasteiger partial charge in [-0.05, 0) is 26.2 Å². The van der Waals surface area contributed by atoms with Crippen molar-refractivity contribution in [2.75, 3.05) is 26.0 Å². The van der Waals surface area contributed by atoms with Crippen molar-refractivity contribution in [2.24, 2.45) is 7.05 Å². The third-order valence-electron chi connectivity index (χ3n) is 3.73. The van der Waals surface area contributed by atoms with Crippen molar-refractivity contribution in [3.63, 3.8) is 0 Å². The van der Waals surface area contributed by atoms with Gasteiger partial charge < -0.3 is 10.2 Å². The van der Waals surface area contributed by atoms with Crippen LogP contribution in [0.5, 0.6) is 0 Å². The summed E-state index contributed by atoms with van der Waals surface area (Å²) in [6, 6.07) is 2.99. The molecule has 0 aliphatic rings. The van der Waals surface area contributed by atoms with Gasteiger partial charge in [-0.2, -0.15) is 22.8 Å². The molecule has 0 fully saturated rings. The van der Waals surface area contributed by atoms with Gasteiger partial charge in [0.2, 0.25) is 0 Å². The van der Waals surface area contributed by atoms with Gasteiger partial charge in [0.05, 0.1) is 12.2 Å². The molecular weight excluding hydrogens is 337 g/mol. The number of halogens is 3. The number of hydrogen-bond donors (Lipinski definition) is 1. The first-order valence-corrected chi connectivity index (χ1v) is 7.44. The molecule has 1 N–H and O–H groups in total. The smallest absolute Gasteiger partial charge is 0.367 e. The Morgan fingerprint density at radius 3 is 2.60 bits per heavy atom. The number of aryl methyl sites for hydroxylation is 1. The Hall–Kier alpha value is -2.69. The molecule has 0 spiro atoms. The summed E-state index contributed by atoms with van der Waals surface area (Å²) >= 11 is 0. The van der Waals surface area contributed by atoms with Crippen LogP contribution >= 0.6 is 0 Å². The van der Waals surface area contributed by atoms with E-state index >= 15 is 0 Å². The Morgan fingerprint density at radius 1 is 1.24 bits per heavy atom. The fourth-order valence-electron chi connectivity index (χ4n) is 2.47. The lowest BCUT2D eigenvalue weighted by atomic mass is 10.1. The Balaban J connectivity index is 1.82. The number of nitrogens with zero attached hydrogens (tertiary/aromatic N) is 7. The third-order valence-corrected chi connectivity index (χ3v) is 3.73. The number of alkyl halides is 3. The zero-order valence-corrected chi connectivity index (χ0v) is 13.9. The van der Waals surface area contributed by atoms with Crippen molar-refractivity contribution in [1.29, 1.82) is 0 Å². The quantitative estimate of drug-likeness (QED) is 0.750. The number of anilines is 1. The minimum absolute atomic E-state index is 0.0193. The van der Waals surface area contributed by atoms with Crippen LogP contribution in [0.25, 0.3) is 5.65 Å². The highest BCUT2D eigenvalue weighted by molar-refractivity contribution is 5.44. The Labute approximate surface area is 141 Å². The molecule has 0 aromatic carbocycles.